The van der Waals surface area contributed by atoms with E-state index in [0.29, 0.717) is 22.2 Å². The van der Waals surface area contributed by atoms with E-state index in [1.54, 1.807) is 29.2 Å². The highest BCUT2D eigenvalue weighted by Gasteiger charge is 2.26. The number of sulfonamides is 1. The van der Waals surface area contributed by atoms with Crippen molar-refractivity contribution < 1.29 is 27.9 Å². The predicted octanol–water partition coefficient (Wildman–Crippen LogP) is 1.79. The Morgan fingerprint density at radius 2 is 1.56 bits per heavy atom. The monoisotopic (exact) mass is 482 g/mol. The molecule has 1 fully saturated rings. The topological polar surface area (TPSA) is 137 Å². The zero-order valence-corrected chi connectivity index (χ0v) is 18.9. The average molecular weight is 483 g/mol. The molecule has 0 bridgehead atoms. The Morgan fingerprint density at radius 1 is 0.912 bits per heavy atom. The maximum atomic E-state index is 12.9. The number of carboxylic acid groups (broad SMARTS) is 1. The van der Waals surface area contributed by atoms with Crippen LogP contribution < -0.4 is 4.72 Å². The Morgan fingerprint density at radius 3 is 2.24 bits per heavy atom. The van der Waals surface area contributed by atoms with Gasteiger partial charge in [0.05, 0.1) is 5.52 Å². The number of nitrogens with one attached hydrogen (secondary N) is 1. The van der Waals surface area contributed by atoms with Gasteiger partial charge in [0.15, 0.2) is 0 Å². The molecule has 2 heterocycles. The Hall–Kier alpha value is -3.99. The van der Waals surface area contributed by atoms with E-state index < -0.39 is 28.3 Å². The summed E-state index contributed by atoms with van der Waals surface area (Å²) in [6.07, 6.45) is 0.962. The van der Waals surface area contributed by atoms with Crippen LogP contribution >= 0.6 is 0 Å². The summed E-state index contributed by atoms with van der Waals surface area (Å²) in [5.41, 5.74) is 1.04. The summed E-state index contributed by atoms with van der Waals surface area (Å²) in [4.78, 5) is 42.6. The number of hydrogen-bond acceptors (Lipinski definition) is 6. The molecule has 1 aliphatic rings. The van der Waals surface area contributed by atoms with Crippen LogP contribution in [-0.2, 0) is 19.6 Å². The smallest absolute Gasteiger partial charge is 0.312 e. The van der Waals surface area contributed by atoms with Crippen molar-refractivity contribution in [2.45, 2.75) is 11.3 Å². The fraction of sp³-hybridized carbons (Fsp3) is 0.217. The van der Waals surface area contributed by atoms with Gasteiger partial charge in [0.25, 0.3) is 15.9 Å². The standard InChI is InChI=1S/C23H22N4O6S/c28-20(15-21(29)30)26-11-13-27(14-12-26)23(31)17-6-8-18(9-7-17)25-34(32,33)19-5-1-3-16-4-2-10-24-22(16)19/h1-10,25H,11-15H2,(H,29,30). The minimum atomic E-state index is -3.90. The van der Waals surface area contributed by atoms with Crippen molar-refractivity contribution in [2.24, 2.45) is 0 Å². The van der Waals surface area contributed by atoms with Crippen molar-refractivity contribution >= 4 is 44.4 Å². The SMILES string of the molecule is O=C(O)CC(=O)N1CCN(C(=O)c2ccc(NS(=O)(=O)c3cccc4cccnc34)cc2)CC1. The molecule has 0 unspecified atom stereocenters. The molecule has 0 radical (unpaired) electrons. The number of carbonyl (C=O) groups is 3. The van der Waals surface area contributed by atoms with Gasteiger partial charge in [-0.05, 0) is 36.4 Å². The van der Waals surface area contributed by atoms with Crippen LogP contribution in [0.4, 0.5) is 5.69 Å². The predicted molar refractivity (Wildman–Crippen MR) is 124 cm³/mol. The Bertz CT molecular complexity index is 1340. The van der Waals surface area contributed by atoms with E-state index >= 15 is 0 Å². The fourth-order valence-corrected chi connectivity index (χ4v) is 5.01. The van der Waals surface area contributed by atoms with Gasteiger partial charge in [0, 0.05) is 49.0 Å². The van der Waals surface area contributed by atoms with Crippen LogP contribution in [0.3, 0.4) is 0 Å². The van der Waals surface area contributed by atoms with Gasteiger partial charge in [0.2, 0.25) is 5.91 Å². The molecule has 4 rings (SSSR count). The molecule has 176 valence electrons. The molecular formula is C23H22N4O6S. The molecule has 0 spiro atoms. The average Bonchev–Trinajstić information content (AvgIpc) is 2.83. The van der Waals surface area contributed by atoms with E-state index in [2.05, 4.69) is 9.71 Å². The number of nitrogens with zero attached hydrogens (tertiary/aromatic N) is 3. The summed E-state index contributed by atoms with van der Waals surface area (Å²) in [6, 6.07) is 14.5. The van der Waals surface area contributed by atoms with E-state index in [0.717, 1.165) is 0 Å². The van der Waals surface area contributed by atoms with Crippen LogP contribution in [0.2, 0.25) is 0 Å². The number of aliphatic carboxylic acids is 1. The molecule has 34 heavy (non-hydrogen) atoms. The van der Waals surface area contributed by atoms with E-state index in [1.165, 1.54) is 41.4 Å². The molecule has 11 heteroatoms. The third-order valence-electron chi connectivity index (χ3n) is 5.49. The minimum absolute atomic E-state index is 0.0565. The fourth-order valence-electron chi connectivity index (χ4n) is 3.77. The first-order valence-electron chi connectivity index (χ1n) is 10.5. The lowest BCUT2D eigenvalue weighted by Gasteiger charge is -2.34. The van der Waals surface area contributed by atoms with Crippen LogP contribution in [0.25, 0.3) is 10.9 Å². The van der Waals surface area contributed by atoms with Crippen molar-refractivity contribution in [2.75, 3.05) is 30.9 Å². The van der Waals surface area contributed by atoms with E-state index in [1.807, 2.05) is 0 Å². The van der Waals surface area contributed by atoms with Gasteiger partial charge in [-0.2, -0.15) is 0 Å². The quantitative estimate of drug-likeness (QED) is 0.511. The molecular weight excluding hydrogens is 460 g/mol. The molecule has 10 nitrogen and oxygen atoms in total. The number of aromatic nitrogens is 1. The molecule has 2 amide bonds. The first-order valence-corrected chi connectivity index (χ1v) is 12.0. The minimum Gasteiger partial charge on any atom is -0.481 e. The molecule has 1 saturated heterocycles. The number of hydrogen-bond donors (Lipinski definition) is 2. The summed E-state index contributed by atoms with van der Waals surface area (Å²) in [7, 11) is -3.90. The highest BCUT2D eigenvalue weighted by Crippen LogP contribution is 2.23. The Kier molecular flexibility index (Phi) is 6.46. The Labute approximate surface area is 195 Å². The molecule has 0 atom stereocenters. The first kappa shape index (κ1) is 23.2. The van der Waals surface area contributed by atoms with Gasteiger partial charge in [-0.15, -0.1) is 0 Å². The molecule has 3 aromatic rings. The number of rotatable bonds is 6. The van der Waals surface area contributed by atoms with Crippen molar-refractivity contribution in [1.29, 1.82) is 0 Å². The molecule has 1 aliphatic heterocycles. The second kappa shape index (κ2) is 9.48. The number of pyridine rings is 1. The molecule has 0 aliphatic carbocycles. The molecule has 0 saturated carbocycles. The summed E-state index contributed by atoms with van der Waals surface area (Å²) >= 11 is 0. The van der Waals surface area contributed by atoms with Crippen LogP contribution in [0.15, 0.2) is 65.7 Å². The maximum Gasteiger partial charge on any atom is 0.312 e. The van der Waals surface area contributed by atoms with Crippen LogP contribution in [0.5, 0.6) is 0 Å². The Balaban J connectivity index is 1.42. The second-order valence-corrected chi connectivity index (χ2v) is 9.41. The largest absolute Gasteiger partial charge is 0.481 e. The number of carboxylic acids is 1. The summed E-state index contributed by atoms with van der Waals surface area (Å²) in [5, 5.41) is 9.45. The lowest BCUT2D eigenvalue weighted by Crippen LogP contribution is -2.50. The van der Waals surface area contributed by atoms with Gasteiger partial charge in [-0.3, -0.25) is 24.1 Å². The van der Waals surface area contributed by atoms with Gasteiger partial charge in [0.1, 0.15) is 11.3 Å². The number of carbonyl (C=O) groups excluding carboxylic acids is 2. The summed E-state index contributed by atoms with van der Waals surface area (Å²) in [6.45, 7) is 1.09. The van der Waals surface area contributed by atoms with Crippen LogP contribution in [0.1, 0.15) is 16.8 Å². The van der Waals surface area contributed by atoms with Crippen molar-refractivity contribution in [3.8, 4) is 0 Å². The number of anilines is 1. The van der Waals surface area contributed by atoms with Crippen LogP contribution in [-0.4, -0.2) is 72.3 Å². The van der Waals surface area contributed by atoms with Gasteiger partial charge in [-0.1, -0.05) is 18.2 Å². The highest BCUT2D eigenvalue weighted by atomic mass is 32.2. The number of benzene rings is 2. The molecule has 1 aromatic heterocycles. The number of amides is 2. The number of fused-ring (bicyclic) bond motifs is 1. The number of piperazine rings is 1. The van der Waals surface area contributed by atoms with E-state index in [9.17, 15) is 22.8 Å². The van der Waals surface area contributed by atoms with Gasteiger partial charge >= 0.3 is 5.97 Å². The maximum absolute atomic E-state index is 12.9. The van der Waals surface area contributed by atoms with E-state index in [-0.39, 0.29) is 37.0 Å². The van der Waals surface area contributed by atoms with Crippen molar-refractivity contribution in [1.82, 2.24) is 14.8 Å². The van der Waals surface area contributed by atoms with Gasteiger partial charge in [-0.25, -0.2) is 8.42 Å². The van der Waals surface area contributed by atoms with E-state index in [4.69, 9.17) is 5.11 Å². The zero-order valence-electron chi connectivity index (χ0n) is 18.0. The van der Waals surface area contributed by atoms with Crippen molar-refractivity contribution in [3.63, 3.8) is 0 Å². The summed E-state index contributed by atoms with van der Waals surface area (Å²) < 4.78 is 28.4. The van der Waals surface area contributed by atoms with Gasteiger partial charge < -0.3 is 14.9 Å². The summed E-state index contributed by atoms with van der Waals surface area (Å²) in [5.74, 6) is -1.91. The third-order valence-corrected chi connectivity index (χ3v) is 6.90. The lowest BCUT2D eigenvalue weighted by atomic mass is 10.1. The normalized spacial score (nSPS) is 14.1. The highest BCUT2D eigenvalue weighted by molar-refractivity contribution is 7.93. The second-order valence-electron chi connectivity index (χ2n) is 7.76. The number of para-hydroxylation sites is 1. The zero-order chi connectivity index (χ0) is 24.3. The third kappa shape index (κ3) is 4.99. The van der Waals surface area contributed by atoms with Crippen LogP contribution in [0, 0.1) is 0 Å². The molecule has 2 N–H and O–H groups in total. The lowest BCUT2D eigenvalue weighted by molar-refractivity contribution is -0.144. The first-order chi connectivity index (χ1) is 16.2. The molecule has 2 aromatic carbocycles. The van der Waals surface area contributed by atoms with Crippen molar-refractivity contribution in [3.05, 3.63) is 66.4 Å².